The fourth-order valence-electron chi connectivity index (χ4n) is 1.54. The Balaban J connectivity index is 3.21. The Hall–Kier alpha value is -0.580. The Morgan fingerprint density at radius 1 is 1.17 bits per heavy atom. The predicted molar refractivity (Wildman–Crippen MR) is 69.4 cm³/mol. The molecule has 1 rings (SSSR count). The third kappa shape index (κ3) is 3.05. The maximum absolute atomic E-state index is 12.3. The van der Waals surface area contributed by atoms with Gasteiger partial charge in [0.2, 0.25) is 0 Å². The predicted octanol–water partition coefficient (Wildman–Crippen LogP) is 3.48. The molecule has 0 radical (unpaired) electrons. The minimum Gasteiger partial charge on any atom is -0.495 e. The molecule has 0 fully saturated rings. The van der Waals surface area contributed by atoms with Crippen LogP contribution in [0.2, 0.25) is 5.02 Å². The van der Waals surface area contributed by atoms with E-state index in [9.17, 15) is 4.57 Å². The number of ether oxygens (including phenoxy) is 2. The molecule has 0 heterocycles. The van der Waals surface area contributed by atoms with E-state index >= 15 is 0 Å². The second kappa shape index (κ2) is 6.55. The van der Waals surface area contributed by atoms with Crippen LogP contribution < -0.4 is 4.74 Å². The van der Waals surface area contributed by atoms with Crippen molar-refractivity contribution in [1.29, 1.82) is 0 Å². The molecule has 5 nitrogen and oxygen atoms in total. The molecule has 1 unspecified atom stereocenters. The molecule has 0 aliphatic carbocycles. The number of hydrogen-bond acceptors (Lipinski definition) is 5. The van der Waals surface area contributed by atoms with Crippen molar-refractivity contribution in [2.45, 2.75) is 5.85 Å². The van der Waals surface area contributed by atoms with E-state index in [1.165, 1.54) is 28.4 Å². The molecular weight excluding hydrogens is 279 g/mol. The van der Waals surface area contributed by atoms with Gasteiger partial charge in [-0.25, -0.2) is 0 Å². The van der Waals surface area contributed by atoms with Crippen molar-refractivity contribution in [2.75, 3.05) is 28.4 Å². The number of halogens is 1. The summed E-state index contributed by atoms with van der Waals surface area (Å²) in [5.41, 5.74) is 0.603. The zero-order valence-electron chi connectivity index (χ0n) is 10.7. The number of hydrogen-bond donors (Lipinski definition) is 0. The van der Waals surface area contributed by atoms with Crippen molar-refractivity contribution < 1.29 is 23.1 Å². The Morgan fingerprint density at radius 3 is 2.22 bits per heavy atom. The van der Waals surface area contributed by atoms with Gasteiger partial charge in [-0.3, -0.25) is 4.57 Å². The van der Waals surface area contributed by atoms with Crippen LogP contribution in [0.5, 0.6) is 5.75 Å². The van der Waals surface area contributed by atoms with Gasteiger partial charge < -0.3 is 18.5 Å². The van der Waals surface area contributed by atoms with Crippen molar-refractivity contribution >= 4 is 19.2 Å². The molecule has 0 spiro atoms. The summed E-state index contributed by atoms with van der Waals surface area (Å²) < 4.78 is 32.5. The summed E-state index contributed by atoms with van der Waals surface area (Å²) in [5.74, 6) is -0.367. The first-order valence-corrected chi connectivity index (χ1v) is 7.08. The summed E-state index contributed by atoms with van der Waals surface area (Å²) in [6.07, 6.45) is 0. The normalized spacial score (nSPS) is 13.4. The van der Waals surface area contributed by atoms with Crippen LogP contribution in [-0.2, 0) is 18.3 Å². The molecule has 18 heavy (non-hydrogen) atoms. The molecule has 0 saturated heterocycles. The van der Waals surface area contributed by atoms with E-state index in [0.29, 0.717) is 16.3 Å². The SMILES string of the molecule is COc1cc(C(OC)P(=O)(OC)OC)ccc1Cl. The summed E-state index contributed by atoms with van der Waals surface area (Å²) in [4.78, 5) is 0. The fourth-order valence-corrected chi connectivity index (χ4v) is 3.05. The number of rotatable bonds is 6. The highest BCUT2D eigenvalue weighted by Crippen LogP contribution is 2.60. The average molecular weight is 295 g/mol. The first-order valence-electron chi connectivity index (χ1n) is 5.09. The molecule has 0 saturated carbocycles. The van der Waals surface area contributed by atoms with Crippen molar-refractivity contribution in [3.05, 3.63) is 28.8 Å². The van der Waals surface area contributed by atoms with Gasteiger partial charge in [0.15, 0.2) is 5.85 Å². The van der Waals surface area contributed by atoms with Gasteiger partial charge in [0, 0.05) is 21.3 Å². The lowest BCUT2D eigenvalue weighted by Gasteiger charge is -2.23. The van der Waals surface area contributed by atoms with Gasteiger partial charge in [-0.2, -0.15) is 0 Å². The van der Waals surface area contributed by atoms with Crippen LogP contribution in [0, 0.1) is 0 Å². The molecule has 1 aromatic rings. The molecule has 102 valence electrons. The Kier molecular flexibility index (Phi) is 5.63. The van der Waals surface area contributed by atoms with Crippen LogP contribution in [0.4, 0.5) is 0 Å². The van der Waals surface area contributed by atoms with Crippen molar-refractivity contribution in [1.82, 2.24) is 0 Å². The standard InChI is InChI=1S/C11H16ClO5P/c1-14-10-7-8(5-6-9(10)12)11(15-2)18(13,16-3)17-4/h5-7,11H,1-4H3. The van der Waals surface area contributed by atoms with Gasteiger partial charge in [0.25, 0.3) is 0 Å². The molecule has 7 heteroatoms. The van der Waals surface area contributed by atoms with Gasteiger partial charge >= 0.3 is 7.60 Å². The Morgan fingerprint density at radius 2 is 1.78 bits per heavy atom. The lowest BCUT2D eigenvalue weighted by Crippen LogP contribution is -2.06. The van der Waals surface area contributed by atoms with Crippen LogP contribution in [0.3, 0.4) is 0 Å². The van der Waals surface area contributed by atoms with Crippen molar-refractivity contribution in [2.24, 2.45) is 0 Å². The highest BCUT2D eigenvalue weighted by Gasteiger charge is 2.36. The maximum Gasteiger partial charge on any atom is 0.363 e. The van der Waals surface area contributed by atoms with Crippen molar-refractivity contribution in [3.8, 4) is 5.75 Å². The Labute approximate surface area is 111 Å². The third-order valence-corrected chi connectivity index (χ3v) is 4.89. The second-order valence-electron chi connectivity index (χ2n) is 3.39. The second-order valence-corrected chi connectivity index (χ2v) is 6.07. The zero-order valence-corrected chi connectivity index (χ0v) is 12.3. The van der Waals surface area contributed by atoms with Crippen LogP contribution in [0.15, 0.2) is 18.2 Å². The van der Waals surface area contributed by atoms with E-state index in [0.717, 1.165) is 0 Å². The molecule has 1 aromatic carbocycles. The molecular formula is C11H16ClO5P. The van der Waals surface area contributed by atoms with E-state index in [4.69, 9.17) is 30.1 Å². The van der Waals surface area contributed by atoms with Gasteiger partial charge in [-0.1, -0.05) is 17.7 Å². The summed E-state index contributed by atoms with van der Waals surface area (Å²) in [5, 5.41) is 0.459. The van der Waals surface area contributed by atoms with E-state index in [1.807, 2.05) is 0 Å². The monoisotopic (exact) mass is 294 g/mol. The average Bonchev–Trinajstić information content (AvgIpc) is 2.40. The van der Waals surface area contributed by atoms with Crippen molar-refractivity contribution in [3.63, 3.8) is 0 Å². The summed E-state index contributed by atoms with van der Waals surface area (Å²) in [7, 11) is 2.16. The maximum atomic E-state index is 12.3. The number of benzene rings is 1. The highest BCUT2D eigenvalue weighted by molar-refractivity contribution is 7.54. The summed E-state index contributed by atoms with van der Waals surface area (Å²) >= 11 is 5.93. The first kappa shape index (κ1) is 15.5. The molecule has 0 bridgehead atoms. The smallest absolute Gasteiger partial charge is 0.363 e. The number of methoxy groups -OCH3 is 2. The van der Waals surface area contributed by atoms with Crippen LogP contribution >= 0.6 is 19.2 Å². The first-order chi connectivity index (χ1) is 8.52. The fraction of sp³-hybridized carbons (Fsp3) is 0.455. The lowest BCUT2D eigenvalue weighted by molar-refractivity contribution is 0.123. The molecule has 0 N–H and O–H groups in total. The van der Waals surface area contributed by atoms with Crippen LogP contribution in [0.1, 0.15) is 11.4 Å². The van der Waals surface area contributed by atoms with Crippen LogP contribution in [0.25, 0.3) is 0 Å². The molecule has 0 aliphatic rings. The van der Waals surface area contributed by atoms with E-state index in [-0.39, 0.29) is 0 Å². The van der Waals surface area contributed by atoms with Gasteiger partial charge in [-0.05, 0) is 17.7 Å². The molecule has 0 aromatic heterocycles. The largest absolute Gasteiger partial charge is 0.495 e. The van der Waals surface area contributed by atoms with Gasteiger partial charge in [0.1, 0.15) is 5.75 Å². The van der Waals surface area contributed by atoms with E-state index < -0.39 is 13.4 Å². The van der Waals surface area contributed by atoms with E-state index in [2.05, 4.69) is 0 Å². The zero-order chi connectivity index (χ0) is 13.8. The van der Waals surface area contributed by atoms with Gasteiger partial charge in [0.05, 0.1) is 12.1 Å². The quantitative estimate of drug-likeness (QED) is 0.752. The minimum absolute atomic E-state index is 0.459. The summed E-state index contributed by atoms with van der Waals surface area (Å²) in [6, 6.07) is 4.96. The summed E-state index contributed by atoms with van der Waals surface area (Å²) in [6.45, 7) is 0. The molecule has 0 aliphatic heterocycles. The lowest BCUT2D eigenvalue weighted by atomic mass is 10.2. The van der Waals surface area contributed by atoms with Gasteiger partial charge in [-0.15, -0.1) is 0 Å². The Bertz CT molecular complexity index is 443. The third-order valence-electron chi connectivity index (χ3n) is 2.48. The minimum atomic E-state index is -3.38. The van der Waals surface area contributed by atoms with E-state index in [1.54, 1.807) is 18.2 Å². The molecule has 0 amide bonds. The molecule has 1 atom stereocenters. The highest BCUT2D eigenvalue weighted by atomic mass is 35.5. The van der Waals surface area contributed by atoms with Crippen LogP contribution in [-0.4, -0.2) is 28.4 Å². The topological polar surface area (TPSA) is 54.0 Å².